The molecule has 0 fully saturated rings. The van der Waals surface area contributed by atoms with Crippen molar-refractivity contribution in [3.63, 3.8) is 0 Å². The highest BCUT2D eigenvalue weighted by atomic mass is 16.5. The van der Waals surface area contributed by atoms with Crippen molar-refractivity contribution >= 4 is 0 Å². The van der Waals surface area contributed by atoms with Gasteiger partial charge in [-0.3, -0.25) is 4.90 Å². The molecule has 0 aromatic heterocycles. The number of rotatable bonds is 10. The molecule has 0 saturated carbocycles. The summed E-state index contributed by atoms with van der Waals surface area (Å²) in [6, 6.07) is 10.9. The lowest BCUT2D eigenvalue weighted by molar-refractivity contribution is 0.000123. The van der Waals surface area contributed by atoms with Crippen molar-refractivity contribution in [1.29, 1.82) is 0 Å². The number of ether oxygens (including phenoxy) is 1. The Morgan fingerprint density at radius 2 is 1.76 bits per heavy atom. The standard InChI is InChI=1S/C18H31NO2/c1-5-16(4)19(11-17-9-7-6-8-10-17)12-18(20)14-21-13-15(2)3/h6-10,15-16,18,20H,5,11-14H2,1-4H3/t16-,18-/m1/s1. The van der Waals surface area contributed by atoms with Crippen molar-refractivity contribution in [1.82, 2.24) is 4.90 Å². The van der Waals surface area contributed by atoms with Crippen LogP contribution < -0.4 is 0 Å². The van der Waals surface area contributed by atoms with Crippen molar-refractivity contribution in [2.75, 3.05) is 19.8 Å². The van der Waals surface area contributed by atoms with E-state index in [1.807, 2.05) is 6.07 Å². The molecule has 0 saturated heterocycles. The Kier molecular flexibility index (Phi) is 8.58. The molecule has 0 spiro atoms. The van der Waals surface area contributed by atoms with Gasteiger partial charge < -0.3 is 9.84 Å². The van der Waals surface area contributed by atoms with Gasteiger partial charge in [0.15, 0.2) is 0 Å². The van der Waals surface area contributed by atoms with Crippen molar-refractivity contribution in [2.45, 2.75) is 52.8 Å². The van der Waals surface area contributed by atoms with Crippen LogP contribution in [0.2, 0.25) is 0 Å². The van der Waals surface area contributed by atoms with Gasteiger partial charge in [-0.2, -0.15) is 0 Å². The van der Waals surface area contributed by atoms with Crippen molar-refractivity contribution < 1.29 is 9.84 Å². The van der Waals surface area contributed by atoms with Crippen LogP contribution in [0.4, 0.5) is 0 Å². The van der Waals surface area contributed by atoms with Crippen LogP contribution >= 0.6 is 0 Å². The molecule has 0 aliphatic heterocycles. The quantitative estimate of drug-likeness (QED) is 0.718. The van der Waals surface area contributed by atoms with Crippen LogP contribution in [0.3, 0.4) is 0 Å². The molecule has 0 heterocycles. The zero-order valence-corrected chi connectivity index (χ0v) is 14.0. The Labute approximate surface area is 129 Å². The van der Waals surface area contributed by atoms with Gasteiger partial charge in [0.25, 0.3) is 0 Å². The molecular formula is C18H31NO2. The van der Waals surface area contributed by atoms with E-state index < -0.39 is 6.10 Å². The first-order valence-corrected chi connectivity index (χ1v) is 8.06. The van der Waals surface area contributed by atoms with E-state index in [-0.39, 0.29) is 0 Å². The first-order valence-electron chi connectivity index (χ1n) is 8.06. The Morgan fingerprint density at radius 3 is 2.33 bits per heavy atom. The Bertz CT molecular complexity index is 367. The fourth-order valence-corrected chi connectivity index (χ4v) is 2.24. The van der Waals surface area contributed by atoms with E-state index >= 15 is 0 Å². The maximum Gasteiger partial charge on any atom is 0.0900 e. The SMILES string of the molecule is CC[C@@H](C)N(Cc1ccccc1)C[C@@H](O)COCC(C)C. The first kappa shape index (κ1) is 18.1. The van der Waals surface area contributed by atoms with E-state index in [2.05, 4.69) is 56.9 Å². The van der Waals surface area contributed by atoms with Crippen LogP contribution in [-0.4, -0.2) is 41.9 Å². The average Bonchev–Trinajstić information content (AvgIpc) is 2.46. The van der Waals surface area contributed by atoms with E-state index in [1.165, 1.54) is 5.56 Å². The minimum absolute atomic E-state index is 0.417. The molecular weight excluding hydrogens is 262 g/mol. The highest BCUT2D eigenvalue weighted by Gasteiger charge is 2.17. The van der Waals surface area contributed by atoms with Gasteiger partial charge in [-0.05, 0) is 24.8 Å². The van der Waals surface area contributed by atoms with Gasteiger partial charge in [-0.15, -0.1) is 0 Å². The minimum atomic E-state index is -0.429. The average molecular weight is 293 g/mol. The van der Waals surface area contributed by atoms with E-state index in [1.54, 1.807) is 0 Å². The lowest BCUT2D eigenvalue weighted by Crippen LogP contribution is -2.40. The van der Waals surface area contributed by atoms with Crippen LogP contribution in [-0.2, 0) is 11.3 Å². The molecule has 3 nitrogen and oxygen atoms in total. The summed E-state index contributed by atoms with van der Waals surface area (Å²) >= 11 is 0. The van der Waals surface area contributed by atoms with Crippen molar-refractivity contribution in [3.05, 3.63) is 35.9 Å². The fraction of sp³-hybridized carbons (Fsp3) is 0.667. The van der Waals surface area contributed by atoms with Crippen LogP contribution in [0.1, 0.15) is 39.7 Å². The zero-order valence-electron chi connectivity index (χ0n) is 14.0. The molecule has 21 heavy (non-hydrogen) atoms. The molecule has 0 aliphatic carbocycles. The van der Waals surface area contributed by atoms with Crippen molar-refractivity contribution in [3.8, 4) is 0 Å². The summed E-state index contributed by atoms with van der Waals surface area (Å²) in [7, 11) is 0. The molecule has 3 heteroatoms. The Hall–Kier alpha value is -0.900. The number of hydrogen-bond donors (Lipinski definition) is 1. The third-order valence-electron chi connectivity index (χ3n) is 3.65. The molecule has 0 radical (unpaired) electrons. The van der Waals surface area contributed by atoms with E-state index in [0.717, 1.165) is 13.0 Å². The number of benzene rings is 1. The summed E-state index contributed by atoms with van der Waals surface area (Å²) in [6.45, 7) is 11.3. The summed E-state index contributed by atoms with van der Waals surface area (Å²) in [4.78, 5) is 2.33. The zero-order chi connectivity index (χ0) is 15.7. The van der Waals surface area contributed by atoms with E-state index in [4.69, 9.17) is 4.74 Å². The van der Waals surface area contributed by atoms with Crippen LogP contribution in [0.5, 0.6) is 0 Å². The van der Waals surface area contributed by atoms with Crippen LogP contribution in [0, 0.1) is 5.92 Å². The molecule has 0 bridgehead atoms. The maximum absolute atomic E-state index is 10.2. The Balaban J connectivity index is 2.49. The maximum atomic E-state index is 10.2. The summed E-state index contributed by atoms with van der Waals surface area (Å²) < 4.78 is 5.54. The number of hydrogen-bond acceptors (Lipinski definition) is 3. The summed E-state index contributed by atoms with van der Waals surface area (Å²) in [5, 5.41) is 10.2. The second kappa shape index (κ2) is 9.93. The van der Waals surface area contributed by atoms with E-state index in [0.29, 0.717) is 31.7 Å². The van der Waals surface area contributed by atoms with Gasteiger partial charge in [0.05, 0.1) is 12.7 Å². The predicted octanol–water partition coefficient (Wildman–Crippen LogP) is 3.32. The molecule has 0 amide bonds. The third kappa shape index (κ3) is 7.60. The molecule has 2 atom stereocenters. The highest BCUT2D eigenvalue weighted by molar-refractivity contribution is 5.14. The highest BCUT2D eigenvalue weighted by Crippen LogP contribution is 2.11. The third-order valence-corrected chi connectivity index (χ3v) is 3.65. The number of nitrogens with zero attached hydrogens (tertiary/aromatic N) is 1. The molecule has 1 aromatic carbocycles. The number of aliphatic hydroxyl groups is 1. The summed E-state index contributed by atoms with van der Waals surface area (Å²) in [5.41, 5.74) is 1.29. The second-order valence-corrected chi connectivity index (χ2v) is 6.26. The minimum Gasteiger partial charge on any atom is -0.389 e. The second-order valence-electron chi connectivity index (χ2n) is 6.26. The predicted molar refractivity (Wildman–Crippen MR) is 88.3 cm³/mol. The van der Waals surface area contributed by atoms with Crippen LogP contribution in [0.25, 0.3) is 0 Å². The molecule has 0 aliphatic rings. The number of aliphatic hydroxyl groups excluding tert-OH is 1. The lowest BCUT2D eigenvalue weighted by Gasteiger charge is -2.30. The monoisotopic (exact) mass is 293 g/mol. The topological polar surface area (TPSA) is 32.7 Å². The molecule has 120 valence electrons. The Morgan fingerprint density at radius 1 is 1.10 bits per heavy atom. The first-order chi connectivity index (χ1) is 10.0. The van der Waals surface area contributed by atoms with Gasteiger partial charge in [-0.25, -0.2) is 0 Å². The lowest BCUT2D eigenvalue weighted by atomic mass is 10.1. The van der Waals surface area contributed by atoms with Crippen molar-refractivity contribution in [2.24, 2.45) is 5.92 Å². The van der Waals surface area contributed by atoms with Gasteiger partial charge in [-0.1, -0.05) is 51.1 Å². The molecule has 0 unspecified atom stereocenters. The molecule has 1 N–H and O–H groups in total. The normalized spacial score (nSPS) is 14.6. The van der Waals surface area contributed by atoms with Crippen LogP contribution in [0.15, 0.2) is 30.3 Å². The molecule has 1 aromatic rings. The van der Waals surface area contributed by atoms with Gasteiger partial charge in [0.1, 0.15) is 0 Å². The fourth-order valence-electron chi connectivity index (χ4n) is 2.24. The largest absolute Gasteiger partial charge is 0.389 e. The smallest absolute Gasteiger partial charge is 0.0900 e. The van der Waals surface area contributed by atoms with Gasteiger partial charge >= 0.3 is 0 Å². The summed E-state index contributed by atoms with van der Waals surface area (Å²) in [6.07, 6.45) is 0.647. The molecule has 1 rings (SSSR count). The van der Waals surface area contributed by atoms with Gasteiger partial charge in [0.2, 0.25) is 0 Å². The van der Waals surface area contributed by atoms with E-state index in [9.17, 15) is 5.11 Å². The summed E-state index contributed by atoms with van der Waals surface area (Å²) in [5.74, 6) is 0.507. The van der Waals surface area contributed by atoms with Gasteiger partial charge in [0, 0.05) is 25.7 Å².